The van der Waals surface area contributed by atoms with Gasteiger partial charge in [0.15, 0.2) is 0 Å². The second-order valence-electron chi connectivity index (χ2n) is 3.82. The van der Waals surface area contributed by atoms with E-state index in [2.05, 4.69) is 46.5 Å². The molecule has 0 amide bonds. The number of nitrogens with one attached hydrogen (secondary N) is 1. The van der Waals surface area contributed by atoms with Gasteiger partial charge in [-0.05, 0) is 26.0 Å². The molecule has 2 rings (SSSR count). The van der Waals surface area contributed by atoms with Crippen molar-refractivity contribution in [2.45, 2.75) is 23.8 Å². The fourth-order valence-corrected chi connectivity index (χ4v) is 2.54. The van der Waals surface area contributed by atoms with E-state index in [9.17, 15) is 0 Å². The van der Waals surface area contributed by atoms with Gasteiger partial charge < -0.3 is 5.32 Å². The minimum Gasteiger partial charge on any atom is -0.373 e. The van der Waals surface area contributed by atoms with E-state index in [1.165, 1.54) is 10.5 Å². The van der Waals surface area contributed by atoms with Crippen molar-refractivity contribution in [2.24, 2.45) is 0 Å². The molecule has 17 heavy (non-hydrogen) atoms. The summed E-state index contributed by atoms with van der Waals surface area (Å²) in [7, 11) is 1.87. The lowest BCUT2D eigenvalue weighted by molar-refractivity contribution is 1.00. The quantitative estimate of drug-likeness (QED) is 0.842. The van der Waals surface area contributed by atoms with Gasteiger partial charge in [-0.2, -0.15) is 0 Å². The van der Waals surface area contributed by atoms with Gasteiger partial charge in [0.25, 0.3) is 0 Å². The van der Waals surface area contributed by atoms with E-state index in [1.54, 1.807) is 18.1 Å². The van der Waals surface area contributed by atoms with Crippen molar-refractivity contribution >= 4 is 17.6 Å². The Labute approximate surface area is 106 Å². The van der Waals surface area contributed by atoms with Gasteiger partial charge in [0, 0.05) is 17.5 Å². The molecule has 1 aromatic carbocycles. The van der Waals surface area contributed by atoms with Gasteiger partial charge in [-0.15, -0.1) is 0 Å². The Morgan fingerprint density at radius 1 is 1.18 bits per heavy atom. The molecule has 0 unspecified atom stereocenters. The molecule has 0 saturated carbocycles. The maximum absolute atomic E-state index is 4.32. The SMILES string of the molecule is CNc1ncnc(Sc2cccc(C)c2)c1C. The van der Waals surface area contributed by atoms with Gasteiger partial charge in [0.2, 0.25) is 0 Å². The van der Waals surface area contributed by atoms with Gasteiger partial charge >= 0.3 is 0 Å². The highest BCUT2D eigenvalue weighted by atomic mass is 32.2. The molecule has 0 radical (unpaired) electrons. The Morgan fingerprint density at radius 2 is 2.00 bits per heavy atom. The maximum Gasteiger partial charge on any atom is 0.133 e. The molecule has 0 aliphatic heterocycles. The number of aryl methyl sites for hydroxylation is 1. The average Bonchev–Trinajstić information content (AvgIpc) is 2.32. The Kier molecular flexibility index (Phi) is 3.64. The number of rotatable bonds is 3. The smallest absolute Gasteiger partial charge is 0.133 e. The molecule has 0 aliphatic rings. The molecule has 1 aromatic heterocycles. The number of hydrogen-bond donors (Lipinski definition) is 1. The maximum atomic E-state index is 4.32. The number of anilines is 1. The molecular weight excluding hydrogens is 230 g/mol. The summed E-state index contributed by atoms with van der Waals surface area (Å²) in [6.45, 7) is 4.12. The molecule has 2 aromatic rings. The van der Waals surface area contributed by atoms with Crippen LogP contribution in [0.3, 0.4) is 0 Å². The van der Waals surface area contributed by atoms with Crippen LogP contribution in [-0.4, -0.2) is 17.0 Å². The van der Waals surface area contributed by atoms with Crippen LogP contribution in [0.15, 0.2) is 40.5 Å². The minimum atomic E-state index is 0.884. The van der Waals surface area contributed by atoms with Gasteiger partial charge in [-0.25, -0.2) is 9.97 Å². The molecule has 0 bridgehead atoms. The summed E-state index contributed by atoms with van der Waals surface area (Å²) >= 11 is 1.67. The van der Waals surface area contributed by atoms with E-state index < -0.39 is 0 Å². The zero-order chi connectivity index (χ0) is 12.3. The lowest BCUT2D eigenvalue weighted by Crippen LogP contribution is -1.98. The van der Waals surface area contributed by atoms with Crippen molar-refractivity contribution < 1.29 is 0 Å². The van der Waals surface area contributed by atoms with E-state index in [1.807, 2.05) is 14.0 Å². The summed E-state index contributed by atoms with van der Waals surface area (Å²) in [6, 6.07) is 8.41. The van der Waals surface area contributed by atoms with Gasteiger partial charge in [0.1, 0.15) is 17.2 Å². The average molecular weight is 245 g/mol. The zero-order valence-electron chi connectivity index (χ0n) is 10.2. The molecule has 3 nitrogen and oxygen atoms in total. The highest BCUT2D eigenvalue weighted by molar-refractivity contribution is 7.99. The molecular formula is C13H15N3S. The normalized spacial score (nSPS) is 10.3. The van der Waals surface area contributed by atoms with Crippen LogP contribution in [0.2, 0.25) is 0 Å². The van der Waals surface area contributed by atoms with Crippen LogP contribution < -0.4 is 5.32 Å². The van der Waals surface area contributed by atoms with Crippen LogP contribution in [0, 0.1) is 13.8 Å². The first-order valence-corrected chi connectivity index (χ1v) is 6.26. The molecule has 0 saturated heterocycles. The topological polar surface area (TPSA) is 37.8 Å². The first kappa shape index (κ1) is 11.9. The van der Waals surface area contributed by atoms with Crippen LogP contribution in [0.5, 0.6) is 0 Å². The second kappa shape index (κ2) is 5.19. The van der Waals surface area contributed by atoms with Crippen LogP contribution in [0.4, 0.5) is 5.82 Å². The van der Waals surface area contributed by atoms with Crippen molar-refractivity contribution in [3.05, 3.63) is 41.7 Å². The summed E-state index contributed by atoms with van der Waals surface area (Å²) in [6.07, 6.45) is 1.59. The van der Waals surface area contributed by atoms with Crippen molar-refractivity contribution in [1.82, 2.24) is 9.97 Å². The van der Waals surface area contributed by atoms with Gasteiger partial charge in [0.05, 0.1) is 0 Å². The first-order valence-electron chi connectivity index (χ1n) is 5.44. The predicted octanol–water partition coefficient (Wildman–Crippen LogP) is 3.29. The largest absolute Gasteiger partial charge is 0.373 e. The Bertz CT molecular complexity index is 526. The third-order valence-corrected chi connectivity index (χ3v) is 3.57. The number of benzene rings is 1. The van der Waals surface area contributed by atoms with E-state index >= 15 is 0 Å². The Hall–Kier alpha value is -1.55. The van der Waals surface area contributed by atoms with E-state index in [-0.39, 0.29) is 0 Å². The lowest BCUT2D eigenvalue weighted by atomic mass is 10.2. The summed E-state index contributed by atoms with van der Waals surface area (Å²) < 4.78 is 0. The Balaban J connectivity index is 2.30. The number of hydrogen-bond acceptors (Lipinski definition) is 4. The van der Waals surface area contributed by atoms with Crippen LogP contribution in [-0.2, 0) is 0 Å². The molecule has 1 heterocycles. The fourth-order valence-electron chi connectivity index (χ4n) is 1.58. The first-order chi connectivity index (χ1) is 8.20. The second-order valence-corrected chi connectivity index (χ2v) is 4.88. The summed E-state index contributed by atoms with van der Waals surface area (Å²) in [5, 5.41) is 4.06. The van der Waals surface area contributed by atoms with Gasteiger partial charge in [-0.3, -0.25) is 0 Å². The van der Waals surface area contributed by atoms with Crippen molar-refractivity contribution in [2.75, 3.05) is 12.4 Å². The monoisotopic (exact) mass is 245 g/mol. The van der Waals surface area contributed by atoms with Crippen molar-refractivity contribution in [3.8, 4) is 0 Å². The molecule has 0 atom stereocenters. The van der Waals surface area contributed by atoms with Crippen LogP contribution in [0.1, 0.15) is 11.1 Å². The third kappa shape index (κ3) is 2.77. The number of aromatic nitrogens is 2. The van der Waals surface area contributed by atoms with Crippen LogP contribution >= 0.6 is 11.8 Å². The molecule has 88 valence electrons. The minimum absolute atomic E-state index is 0.884. The van der Waals surface area contributed by atoms with Gasteiger partial charge in [-0.1, -0.05) is 29.5 Å². The highest BCUT2D eigenvalue weighted by Crippen LogP contribution is 2.30. The van der Waals surface area contributed by atoms with Crippen molar-refractivity contribution in [1.29, 1.82) is 0 Å². The summed E-state index contributed by atoms with van der Waals surface area (Å²) in [4.78, 5) is 9.71. The van der Waals surface area contributed by atoms with Crippen LogP contribution in [0.25, 0.3) is 0 Å². The van der Waals surface area contributed by atoms with E-state index in [4.69, 9.17) is 0 Å². The molecule has 0 aliphatic carbocycles. The van der Waals surface area contributed by atoms with Crippen molar-refractivity contribution in [3.63, 3.8) is 0 Å². The molecule has 4 heteroatoms. The lowest BCUT2D eigenvalue weighted by Gasteiger charge is -2.08. The van der Waals surface area contributed by atoms with E-state index in [0.29, 0.717) is 0 Å². The summed E-state index contributed by atoms with van der Waals surface area (Å²) in [5.41, 5.74) is 2.34. The molecule has 0 fully saturated rings. The molecule has 0 spiro atoms. The molecule has 1 N–H and O–H groups in total. The summed E-state index contributed by atoms with van der Waals surface area (Å²) in [5.74, 6) is 0.884. The fraction of sp³-hybridized carbons (Fsp3) is 0.231. The standard InChI is InChI=1S/C13H15N3S/c1-9-5-4-6-11(7-9)17-13-10(2)12(14-3)15-8-16-13/h4-8H,1-3H3,(H,14,15,16). The number of nitrogens with zero attached hydrogens (tertiary/aromatic N) is 2. The third-order valence-electron chi connectivity index (χ3n) is 2.48. The Morgan fingerprint density at radius 3 is 2.71 bits per heavy atom. The highest BCUT2D eigenvalue weighted by Gasteiger charge is 2.07. The zero-order valence-corrected chi connectivity index (χ0v) is 11.0. The predicted molar refractivity (Wildman–Crippen MR) is 71.6 cm³/mol. The van der Waals surface area contributed by atoms with E-state index in [0.717, 1.165) is 16.4 Å².